The second-order valence-corrected chi connectivity index (χ2v) is 31.1. The number of aromatic nitrogens is 6. The lowest BCUT2D eigenvalue weighted by Gasteiger charge is -2.34. The maximum Gasteiger partial charge on any atom is 0.332 e. The first-order valence-corrected chi connectivity index (χ1v) is 42.1. The molecule has 9 aromatic carbocycles. The molecule has 0 unspecified atom stereocenters. The van der Waals surface area contributed by atoms with Crippen molar-refractivity contribution >= 4 is 121 Å². The van der Waals surface area contributed by atoms with Gasteiger partial charge in [0.2, 0.25) is 0 Å². The number of carbonyl (C=O) groups is 3. The van der Waals surface area contributed by atoms with Crippen LogP contribution in [0, 0.1) is 53.9 Å². The Morgan fingerprint density at radius 1 is 0.359 bits per heavy atom. The number of urea groups is 3. The number of para-hydroxylation sites is 2. The number of hydrogen-bond acceptors (Lipinski definition) is 24. The SMILES string of the molecule is C#Cc1ccc(NC(=O)N(c2ccc(N3CCN(C)CC3)cc2)c2cc(Nc3ccc(OC)cc3OC)ncn2)cc1.COc1ccc(N(C(=O)Nc2c(C)cccc2C)c2cc(Nc3ccc(N4CCN(C)CC4)cc3)nc(C)n2)c(OC)c1.COc1ccc(Nc2cc(N(C(=O)Nc3c(C)cccc3C)c3ccc(N4CCN(C)CC4)cc3)nc(C)n2)c(OC)c1. The van der Waals surface area contributed by atoms with Crippen LogP contribution in [0.1, 0.15) is 39.5 Å². The first kappa shape index (κ1) is 90.8. The highest BCUT2D eigenvalue weighted by molar-refractivity contribution is 6.10. The summed E-state index contributed by atoms with van der Waals surface area (Å²) in [5.41, 5.74) is 14.3. The number of nitrogens with zero attached hydrogens (tertiary/aromatic N) is 15. The molecule has 0 spiro atoms. The highest BCUT2D eigenvalue weighted by Gasteiger charge is 2.30. The van der Waals surface area contributed by atoms with E-state index in [4.69, 9.17) is 39.8 Å². The summed E-state index contributed by atoms with van der Waals surface area (Å²) in [6, 6.07) is 63.6. The van der Waals surface area contributed by atoms with E-state index in [0.717, 1.165) is 135 Å². The molecule has 0 atom stereocenters. The molecule has 12 aromatic rings. The molecule has 3 aliphatic heterocycles. The van der Waals surface area contributed by atoms with E-state index < -0.39 is 0 Å². The minimum absolute atomic E-state index is 0.323. The summed E-state index contributed by atoms with van der Waals surface area (Å²) in [5.74, 6) is 9.95. The van der Waals surface area contributed by atoms with Crippen LogP contribution in [0.3, 0.4) is 0 Å². The number of terminal acetylenes is 1. The topological polar surface area (TPSA) is 285 Å². The van der Waals surface area contributed by atoms with Gasteiger partial charge in [-0.15, -0.1) is 6.42 Å². The van der Waals surface area contributed by atoms with Crippen molar-refractivity contribution in [3.8, 4) is 46.8 Å². The van der Waals surface area contributed by atoms with Crippen LogP contribution >= 0.6 is 0 Å². The standard InChI is InChI=1S/2C33H39N7O3.C32H33N7O3/c1-22-8-7-9-23(2)32(22)37-33(41)40(26-12-10-25(11-13-26)39-18-16-38(4)17-19-39)31-21-30(34-24(3)35-31)36-28-15-14-27(42-5)20-29(28)43-6;1-22-8-7-9-23(2)32(22)37-33(41)40(28-15-14-27(42-5)20-29(28)43-6)31-21-30(34-24(3)35-31)36-25-10-12-26(13-11-25)39-18-16-38(4)17-19-39;1-5-23-6-8-24(9-7-23)35-32(40)39(26-12-10-25(11-13-26)38-18-16-37(2)17-19-38)31-21-30(33-22-34-31)36-28-15-14-27(41-3)20-29(28)42-4/h2*7-15,20-21H,16-19H2,1-6H3,(H,37,41)(H,34,35,36);1,6-15,20-22H,16-19H2,2-4H3,(H,35,40)(H,33,34,36). The van der Waals surface area contributed by atoms with Gasteiger partial charge in [0.25, 0.3) is 0 Å². The third-order valence-corrected chi connectivity index (χ3v) is 22.3. The lowest BCUT2D eigenvalue weighted by Crippen LogP contribution is -2.44. The van der Waals surface area contributed by atoms with Crippen LogP contribution in [-0.2, 0) is 0 Å². The molecular formula is C98H111N21O9. The molecule has 3 fully saturated rings. The van der Waals surface area contributed by atoms with Gasteiger partial charge in [0.1, 0.15) is 87.4 Å². The van der Waals surface area contributed by atoms with Crippen LogP contribution < -0.4 is 89.7 Å². The first-order valence-electron chi connectivity index (χ1n) is 42.1. The number of nitrogens with one attached hydrogen (secondary N) is 6. The fraction of sp³-hybridized carbons (Fsp3) is 0.276. The highest BCUT2D eigenvalue weighted by atomic mass is 16.5. The Hall–Kier alpha value is -14.9. The smallest absolute Gasteiger partial charge is 0.332 e. The summed E-state index contributed by atoms with van der Waals surface area (Å²) in [4.78, 5) is 88.0. The van der Waals surface area contributed by atoms with Crippen molar-refractivity contribution in [3.05, 3.63) is 252 Å². The van der Waals surface area contributed by atoms with Gasteiger partial charge in [-0.2, -0.15) is 0 Å². The van der Waals surface area contributed by atoms with E-state index >= 15 is 0 Å². The van der Waals surface area contributed by atoms with Gasteiger partial charge in [0.15, 0.2) is 0 Å². The molecule has 3 aliphatic rings. The van der Waals surface area contributed by atoms with E-state index in [1.807, 2.05) is 137 Å². The van der Waals surface area contributed by atoms with E-state index in [1.165, 1.54) is 21.8 Å². The molecule has 6 N–H and O–H groups in total. The van der Waals surface area contributed by atoms with E-state index in [-0.39, 0.29) is 18.1 Å². The number of anilines is 18. The van der Waals surface area contributed by atoms with E-state index in [1.54, 1.807) is 134 Å². The average Bonchev–Trinajstić information content (AvgIpc) is 0.789. The summed E-state index contributed by atoms with van der Waals surface area (Å²) in [6.45, 7) is 23.5. The zero-order valence-corrected chi connectivity index (χ0v) is 75.2. The van der Waals surface area contributed by atoms with Gasteiger partial charge in [-0.3, -0.25) is 0 Å². The number of hydrogen-bond donors (Lipinski definition) is 6. The van der Waals surface area contributed by atoms with Gasteiger partial charge in [-0.25, -0.2) is 59.0 Å². The summed E-state index contributed by atoms with van der Waals surface area (Å²) in [7, 11) is 16.0. The summed E-state index contributed by atoms with van der Waals surface area (Å²) < 4.78 is 32.8. The fourth-order valence-electron chi connectivity index (χ4n) is 15.0. The Balaban J connectivity index is 0.000000164. The number of likely N-dealkylation sites (N-methyl/N-ethyl adjacent to an activating group) is 3. The maximum atomic E-state index is 14.1. The van der Waals surface area contributed by atoms with E-state index in [9.17, 15) is 14.4 Å². The van der Waals surface area contributed by atoms with Crippen molar-refractivity contribution in [2.24, 2.45) is 0 Å². The maximum absolute atomic E-state index is 14.1. The molecule has 6 amide bonds. The average molecular weight is 1730 g/mol. The van der Waals surface area contributed by atoms with Gasteiger partial charge in [-0.05, 0) is 218 Å². The lowest BCUT2D eigenvalue weighted by molar-refractivity contribution is 0.258. The molecule has 0 bridgehead atoms. The van der Waals surface area contributed by atoms with Gasteiger partial charge < -0.3 is 89.7 Å². The van der Waals surface area contributed by atoms with Gasteiger partial charge in [0, 0.05) is 160 Å². The molecule has 6 heterocycles. The number of benzene rings is 9. The molecule has 30 nitrogen and oxygen atoms in total. The Morgan fingerprint density at radius 2 is 0.727 bits per heavy atom. The largest absolute Gasteiger partial charge is 0.497 e. The van der Waals surface area contributed by atoms with Gasteiger partial charge >= 0.3 is 18.1 Å². The number of piperazine rings is 3. The van der Waals surface area contributed by atoms with Crippen LogP contribution in [0.5, 0.6) is 34.5 Å². The number of carbonyl (C=O) groups excluding carboxylic acids is 3. The molecule has 0 aliphatic carbocycles. The molecule has 662 valence electrons. The second kappa shape index (κ2) is 42.6. The molecular weight excluding hydrogens is 1620 g/mol. The monoisotopic (exact) mass is 1730 g/mol. The van der Waals surface area contributed by atoms with E-state index in [2.05, 4.69) is 138 Å². The Morgan fingerprint density at radius 3 is 1.16 bits per heavy atom. The van der Waals surface area contributed by atoms with Gasteiger partial charge in [-0.1, -0.05) is 42.3 Å². The van der Waals surface area contributed by atoms with Crippen molar-refractivity contribution in [1.29, 1.82) is 0 Å². The molecule has 3 saturated heterocycles. The molecule has 15 rings (SSSR count). The van der Waals surface area contributed by atoms with Crippen LogP contribution in [0.15, 0.2) is 213 Å². The number of ether oxygens (including phenoxy) is 6. The number of methoxy groups -OCH3 is 6. The molecule has 0 saturated carbocycles. The van der Waals surface area contributed by atoms with Crippen LogP contribution in [0.4, 0.5) is 118 Å². The molecule has 128 heavy (non-hydrogen) atoms. The highest BCUT2D eigenvalue weighted by Crippen LogP contribution is 2.41. The normalized spacial score (nSPS) is 13.3. The number of aryl methyl sites for hydroxylation is 6. The van der Waals surface area contributed by atoms with Crippen molar-refractivity contribution in [3.63, 3.8) is 0 Å². The summed E-state index contributed by atoms with van der Waals surface area (Å²) in [6.07, 6.45) is 6.90. The third-order valence-electron chi connectivity index (χ3n) is 22.3. The molecule has 0 radical (unpaired) electrons. The van der Waals surface area contributed by atoms with Crippen molar-refractivity contribution in [1.82, 2.24) is 44.6 Å². The Kier molecular flexibility index (Phi) is 30.2. The lowest BCUT2D eigenvalue weighted by atomic mass is 10.1. The first-order chi connectivity index (χ1) is 62.0. The zero-order valence-electron chi connectivity index (χ0n) is 75.2. The quantitative estimate of drug-likeness (QED) is 0.0307. The predicted octanol–water partition coefficient (Wildman–Crippen LogP) is 17.9. The minimum atomic E-state index is -0.388. The van der Waals surface area contributed by atoms with Crippen LogP contribution in [0.25, 0.3) is 0 Å². The summed E-state index contributed by atoms with van der Waals surface area (Å²) >= 11 is 0. The third kappa shape index (κ3) is 23.0. The van der Waals surface area contributed by atoms with Crippen molar-refractivity contribution < 1.29 is 42.8 Å². The Bertz CT molecular complexity index is 5820. The van der Waals surface area contributed by atoms with Crippen molar-refractivity contribution in [2.45, 2.75) is 41.5 Å². The van der Waals surface area contributed by atoms with Gasteiger partial charge in [0.05, 0.1) is 71.1 Å². The fourth-order valence-corrected chi connectivity index (χ4v) is 15.0. The zero-order chi connectivity index (χ0) is 90.5. The van der Waals surface area contributed by atoms with E-state index in [0.29, 0.717) is 115 Å². The number of rotatable bonds is 24. The molecule has 3 aromatic heterocycles. The predicted molar refractivity (Wildman–Crippen MR) is 512 cm³/mol. The second-order valence-electron chi connectivity index (χ2n) is 31.1. The minimum Gasteiger partial charge on any atom is -0.497 e. The van der Waals surface area contributed by atoms with Crippen molar-refractivity contribution in [2.75, 3.05) is 204 Å². The van der Waals surface area contributed by atoms with Crippen LogP contribution in [0.2, 0.25) is 0 Å². The molecule has 30 heteroatoms. The summed E-state index contributed by atoms with van der Waals surface area (Å²) in [5, 5.41) is 19.2. The number of amides is 6. The van der Waals surface area contributed by atoms with Crippen LogP contribution in [-0.4, -0.2) is 205 Å². The Labute approximate surface area is 748 Å².